The van der Waals surface area contributed by atoms with E-state index in [-0.39, 0.29) is 6.04 Å². The van der Waals surface area contributed by atoms with Crippen molar-refractivity contribution in [1.29, 1.82) is 0 Å². The van der Waals surface area contributed by atoms with Crippen LogP contribution in [0.2, 0.25) is 0 Å². The van der Waals surface area contributed by atoms with Gasteiger partial charge in [-0.15, -0.1) is 10.2 Å². The van der Waals surface area contributed by atoms with Crippen molar-refractivity contribution in [2.75, 3.05) is 12.0 Å². The molecule has 0 aliphatic rings. The molecule has 6 nitrogen and oxygen atoms in total. The molecule has 0 spiro atoms. The van der Waals surface area contributed by atoms with Gasteiger partial charge in [0.25, 0.3) is 0 Å². The zero-order chi connectivity index (χ0) is 9.68. The molecule has 1 aromatic heterocycles. The molecule has 0 saturated heterocycles. The number of hydrogen-bond acceptors (Lipinski definition) is 6. The second-order valence-corrected chi connectivity index (χ2v) is 3.63. The third-order valence-corrected chi connectivity index (χ3v) is 2.32. The summed E-state index contributed by atoms with van der Waals surface area (Å²) in [4.78, 5) is 1.45. The lowest BCUT2D eigenvalue weighted by Gasteiger charge is -2.11. The molecule has 1 aromatic rings. The van der Waals surface area contributed by atoms with Crippen LogP contribution in [0.3, 0.4) is 0 Å². The van der Waals surface area contributed by atoms with E-state index in [4.69, 9.17) is 5.84 Å². The average Bonchev–Trinajstić information content (AvgIpc) is 2.50. The Bertz CT molecular complexity index is 249. The fourth-order valence-electron chi connectivity index (χ4n) is 0.993. The molecule has 0 radical (unpaired) electrons. The van der Waals surface area contributed by atoms with E-state index < -0.39 is 0 Å². The maximum absolute atomic E-state index is 5.37. The summed E-state index contributed by atoms with van der Waals surface area (Å²) in [5.41, 5.74) is 2.72. The van der Waals surface area contributed by atoms with Crippen LogP contribution in [0, 0.1) is 0 Å². The number of hydrogen-bond donors (Lipinski definition) is 2. The summed E-state index contributed by atoms with van der Waals surface area (Å²) >= 11 is 1.74. The van der Waals surface area contributed by atoms with Gasteiger partial charge < -0.3 is 0 Å². The van der Waals surface area contributed by atoms with E-state index in [1.165, 1.54) is 4.80 Å². The Kier molecular flexibility index (Phi) is 4.13. The van der Waals surface area contributed by atoms with E-state index in [0.29, 0.717) is 6.42 Å². The van der Waals surface area contributed by atoms with Crippen LogP contribution >= 0.6 is 11.8 Å². The van der Waals surface area contributed by atoms with E-state index in [2.05, 4.69) is 20.8 Å². The third kappa shape index (κ3) is 3.29. The van der Waals surface area contributed by atoms with Gasteiger partial charge in [0, 0.05) is 18.2 Å². The van der Waals surface area contributed by atoms with E-state index >= 15 is 0 Å². The van der Waals surface area contributed by atoms with Crippen LogP contribution in [0.15, 0.2) is 0 Å². The molecule has 0 aliphatic heterocycles. The van der Waals surface area contributed by atoms with Gasteiger partial charge in [-0.25, -0.2) is 0 Å². The standard InChI is InChI=1S/C6H14N6S/c1-12-10-6(9-11-12)3-5(8-7)4-13-2/h5,8H,3-4,7H2,1-2H3. The third-order valence-electron chi connectivity index (χ3n) is 1.58. The van der Waals surface area contributed by atoms with E-state index in [9.17, 15) is 0 Å². The van der Waals surface area contributed by atoms with Crippen LogP contribution in [-0.4, -0.2) is 38.3 Å². The van der Waals surface area contributed by atoms with Crippen molar-refractivity contribution >= 4 is 11.8 Å². The van der Waals surface area contributed by atoms with Gasteiger partial charge in [-0.05, 0) is 11.5 Å². The first-order valence-electron chi connectivity index (χ1n) is 3.94. The van der Waals surface area contributed by atoms with Crippen molar-refractivity contribution in [2.24, 2.45) is 12.9 Å². The molecule has 0 saturated carbocycles. The quantitative estimate of drug-likeness (QED) is 0.468. The van der Waals surface area contributed by atoms with Crippen LogP contribution in [0.1, 0.15) is 5.82 Å². The van der Waals surface area contributed by atoms with Crippen molar-refractivity contribution in [3.63, 3.8) is 0 Å². The molecular weight excluding hydrogens is 188 g/mol. The van der Waals surface area contributed by atoms with Crippen LogP contribution in [0.4, 0.5) is 0 Å². The Morgan fingerprint density at radius 1 is 1.69 bits per heavy atom. The number of aromatic nitrogens is 4. The molecule has 3 N–H and O–H groups in total. The first kappa shape index (κ1) is 10.4. The number of nitrogens with two attached hydrogens (primary N) is 1. The molecule has 0 aromatic carbocycles. The smallest absolute Gasteiger partial charge is 0.176 e. The zero-order valence-corrected chi connectivity index (χ0v) is 8.58. The van der Waals surface area contributed by atoms with E-state index in [1.54, 1.807) is 18.8 Å². The van der Waals surface area contributed by atoms with Gasteiger partial charge in [-0.2, -0.15) is 16.6 Å². The second-order valence-electron chi connectivity index (χ2n) is 2.72. The largest absolute Gasteiger partial charge is 0.271 e. The summed E-state index contributed by atoms with van der Waals surface area (Å²) in [5.74, 6) is 7.03. The maximum Gasteiger partial charge on any atom is 0.176 e. The monoisotopic (exact) mass is 202 g/mol. The number of thioether (sulfide) groups is 1. The first-order chi connectivity index (χ1) is 6.26. The summed E-state index contributed by atoms with van der Waals surface area (Å²) < 4.78 is 0. The number of hydrazine groups is 1. The summed E-state index contributed by atoms with van der Waals surface area (Å²) in [5, 5.41) is 11.7. The van der Waals surface area contributed by atoms with Crippen molar-refractivity contribution in [2.45, 2.75) is 12.5 Å². The van der Waals surface area contributed by atoms with Crippen molar-refractivity contribution in [3.05, 3.63) is 5.82 Å². The first-order valence-corrected chi connectivity index (χ1v) is 5.33. The van der Waals surface area contributed by atoms with E-state index in [0.717, 1.165) is 11.6 Å². The molecule has 1 heterocycles. The Labute approximate surface area is 81.2 Å². The molecule has 0 bridgehead atoms. The predicted molar refractivity (Wildman–Crippen MR) is 52.0 cm³/mol. The summed E-state index contributed by atoms with van der Waals surface area (Å²) in [6.07, 6.45) is 2.75. The molecule has 74 valence electrons. The van der Waals surface area contributed by atoms with Gasteiger partial charge in [-0.1, -0.05) is 0 Å². The van der Waals surface area contributed by atoms with Gasteiger partial charge in [0.15, 0.2) is 5.82 Å². The van der Waals surface area contributed by atoms with Gasteiger partial charge >= 0.3 is 0 Å². The lowest BCUT2D eigenvalue weighted by Crippen LogP contribution is -2.38. The Hall–Kier alpha value is -0.660. The van der Waals surface area contributed by atoms with Crippen LogP contribution in [0.5, 0.6) is 0 Å². The molecule has 0 fully saturated rings. The summed E-state index contributed by atoms with van der Waals surface area (Å²) in [7, 11) is 1.75. The number of tetrazole rings is 1. The Morgan fingerprint density at radius 3 is 2.92 bits per heavy atom. The van der Waals surface area contributed by atoms with Crippen LogP contribution < -0.4 is 11.3 Å². The predicted octanol–water partition coefficient (Wildman–Crippen LogP) is -1.05. The minimum Gasteiger partial charge on any atom is -0.271 e. The number of aryl methyl sites for hydroxylation is 1. The fraction of sp³-hybridized carbons (Fsp3) is 0.833. The molecule has 1 rings (SSSR count). The highest BCUT2D eigenvalue weighted by molar-refractivity contribution is 7.98. The summed E-state index contributed by atoms with van der Waals surface area (Å²) in [6.45, 7) is 0. The van der Waals surface area contributed by atoms with Gasteiger partial charge in [0.05, 0.1) is 7.05 Å². The zero-order valence-electron chi connectivity index (χ0n) is 7.77. The Morgan fingerprint density at radius 2 is 2.46 bits per heavy atom. The number of nitrogens with one attached hydrogen (secondary N) is 1. The average molecular weight is 202 g/mol. The van der Waals surface area contributed by atoms with Gasteiger partial charge in [-0.3, -0.25) is 11.3 Å². The van der Waals surface area contributed by atoms with Crippen LogP contribution in [0.25, 0.3) is 0 Å². The van der Waals surface area contributed by atoms with Crippen LogP contribution in [-0.2, 0) is 13.5 Å². The van der Waals surface area contributed by atoms with Crippen molar-refractivity contribution < 1.29 is 0 Å². The Balaban J connectivity index is 2.46. The highest BCUT2D eigenvalue weighted by Gasteiger charge is 2.10. The van der Waals surface area contributed by atoms with Crippen molar-refractivity contribution in [1.82, 2.24) is 25.6 Å². The second kappa shape index (κ2) is 5.15. The molecule has 13 heavy (non-hydrogen) atoms. The molecular formula is C6H14N6S. The molecule has 7 heteroatoms. The van der Waals surface area contributed by atoms with Crippen molar-refractivity contribution in [3.8, 4) is 0 Å². The highest BCUT2D eigenvalue weighted by Crippen LogP contribution is 2.01. The molecule has 0 aliphatic carbocycles. The molecule has 0 amide bonds. The number of rotatable bonds is 5. The van der Waals surface area contributed by atoms with E-state index in [1.807, 2.05) is 6.26 Å². The SMILES string of the molecule is CSCC(Cc1nnn(C)n1)NN. The topological polar surface area (TPSA) is 81.7 Å². The van der Waals surface area contributed by atoms with Gasteiger partial charge in [0.2, 0.25) is 0 Å². The molecule has 1 unspecified atom stereocenters. The minimum absolute atomic E-state index is 0.208. The summed E-state index contributed by atoms with van der Waals surface area (Å²) in [6, 6.07) is 0.208. The highest BCUT2D eigenvalue weighted by atomic mass is 32.2. The number of nitrogens with zero attached hydrogens (tertiary/aromatic N) is 4. The minimum atomic E-state index is 0.208. The lowest BCUT2D eigenvalue weighted by molar-refractivity contribution is 0.558. The normalized spacial score (nSPS) is 13.2. The lowest BCUT2D eigenvalue weighted by atomic mass is 10.2. The maximum atomic E-state index is 5.37. The molecule has 1 atom stereocenters. The fourth-order valence-corrected chi connectivity index (χ4v) is 1.61. The van der Waals surface area contributed by atoms with Gasteiger partial charge in [0.1, 0.15) is 0 Å².